The third-order valence-electron chi connectivity index (χ3n) is 3.33. The smallest absolute Gasteiger partial charge is 0.241 e. The van der Waals surface area contributed by atoms with Crippen LogP contribution in [0.5, 0.6) is 5.75 Å². The van der Waals surface area contributed by atoms with E-state index in [2.05, 4.69) is 5.32 Å². The molecule has 0 bridgehead atoms. The summed E-state index contributed by atoms with van der Waals surface area (Å²) in [6.07, 6.45) is 0.706. The molecule has 0 heterocycles. The first-order valence-corrected chi connectivity index (χ1v) is 6.92. The van der Waals surface area contributed by atoms with Gasteiger partial charge >= 0.3 is 0 Å². The molecule has 110 valence electrons. The number of carbonyl (C=O) groups is 1. The number of carbonyl (C=O) groups excluding carboxylic acids is 1. The molecule has 4 heteroatoms. The van der Waals surface area contributed by atoms with E-state index in [1.54, 1.807) is 7.11 Å². The van der Waals surface area contributed by atoms with Crippen molar-refractivity contribution in [3.8, 4) is 5.75 Å². The van der Waals surface area contributed by atoms with Crippen LogP contribution in [0.2, 0.25) is 0 Å². The molecule has 4 nitrogen and oxygen atoms in total. The van der Waals surface area contributed by atoms with Gasteiger partial charge < -0.3 is 15.8 Å². The lowest BCUT2D eigenvalue weighted by atomic mass is 10.1. The fraction of sp³-hybridized carbons (Fsp3) is 0.235. The van der Waals surface area contributed by atoms with E-state index in [9.17, 15) is 4.79 Å². The van der Waals surface area contributed by atoms with Crippen LogP contribution in [0.25, 0.3) is 0 Å². The third kappa shape index (κ3) is 4.07. The average molecular weight is 284 g/mol. The first kappa shape index (κ1) is 15.1. The van der Waals surface area contributed by atoms with E-state index in [1.807, 2.05) is 54.6 Å². The number of amides is 1. The minimum Gasteiger partial charge on any atom is -0.496 e. The summed E-state index contributed by atoms with van der Waals surface area (Å²) in [4.78, 5) is 12.0. The first-order valence-electron chi connectivity index (χ1n) is 6.92. The van der Waals surface area contributed by atoms with Crippen molar-refractivity contribution >= 4 is 5.91 Å². The maximum Gasteiger partial charge on any atom is 0.241 e. The lowest BCUT2D eigenvalue weighted by molar-refractivity contribution is -0.122. The highest BCUT2D eigenvalue weighted by Crippen LogP contribution is 2.17. The van der Waals surface area contributed by atoms with Gasteiger partial charge in [0.1, 0.15) is 11.8 Å². The Morgan fingerprint density at radius 1 is 1.14 bits per heavy atom. The van der Waals surface area contributed by atoms with Crippen molar-refractivity contribution < 1.29 is 9.53 Å². The minimum atomic E-state index is -0.635. The summed E-state index contributed by atoms with van der Waals surface area (Å²) in [7, 11) is 1.64. The molecule has 0 saturated heterocycles. The zero-order valence-corrected chi connectivity index (χ0v) is 12.1. The maximum atomic E-state index is 12.0. The Morgan fingerprint density at radius 2 is 1.81 bits per heavy atom. The molecule has 0 aliphatic carbocycles. The Labute approximate surface area is 124 Å². The predicted octanol–water partition coefficient (Wildman–Crippen LogP) is 2.05. The summed E-state index contributed by atoms with van der Waals surface area (Å²) in [5, 5.41) is 2.86. The van der Waals surface area contributed by atoms with Crippen LogP contribution in [0.3, 0.4) is 0 Å². The van der Waals surface area contributed by atoms with Gasteiger partial charge in [-0.15, -0.1) is 0 Å². The summed E-state index contributed by atoms with van der Waals surface area (Å²) in [5.74, 6) is 0.662. The summed E-state index contributed by atoms with van der Waals surface area (Å²) in [5.41, 5.74) is 7.81. The summed E-state index contributed by atoms with van der Waals surface area (Å²) >= 11 is 0. The highest BCUT2D eigenvalue weighted by molar-refractivity contribution is 5.82. The molecule has 0 aromatic heterocycles. The van der Waals surface area contributed by atoms with E-state index in [-0.39, 0.29) is 5.91 Å². The Bertz CT molecular complexity index is 584. The number of nitrogens with one attached hydrogen (secondary N) is 1. The number of rotatable bonds is 6. The molecule has 2 rings (SSSR count). The van der Waals surface area contributed by atoms with Crippen LogP contribution in [-0.2, 0) is 11.2 Å². The number of methoxy groups -OCH3 is 1. The van der Waals surface area contributed by atoms with Gasteiger partial charge in [-0.1, -0.05) is 48.5 Å². The van der Waals surface area contributed by atoms with Crippen LogP contribution in [0.15, 0.2) is 54.6 Å². The largest absolute Gasteiger partial charge is 0.496 e. The molecule has 1 atom stereocenters. The van der Waals surface area contributed by atoms with Crippen LogP contribution in [0.4, 0.5) is 0 Å². The van der Waals surface area contributed by atoms with Crippen LogP contribution < -0.4 is 15.8 Å². The van der Waals surface area contributed by atoms with Crippen LogP contribution in [-0.4, -0.2) is 19.6 Å². The second-order valence-corrected chi connectivity index (χ2v) is 4.74. The standard InChI is InChI=1S/C17H20N2O2/c1-21-15-10-6-5-7-13(15)11-12-19-17(20)16(18)14-8-3-2-4-9-14/h2-10,16H,11-12,18H2,1H3,(H,19,20)/t16-/m0/s1. The van der Waals surface area contributed by atoms with Gasteiger partial charge in [0.25, 0.3) is 0 Å². The van der Waals surface area contributed by atoms with E-state index in [0.29, 0.717) is 13.0 Å². The Morgan fingerprint density at radius 3 is 2.52 bits per heavy atom. The van der Waals surface area contributed by atoms with E-state index in [0.717, 1.165) is 16.9 Å². The fourth-order valence-corrected chi connectivity index (χ4v) is 2.15. The SMILES string of the molecule is COc1ccccc1CCNC(=O)[C@@H](N)c1ccccc1. The predicted molar refractivity (Wildman–Crippen MR) is 83.1 cm³/mol. The number of ether oxygens (including phenoxy) is 1. The second-order valence-electron chi connectivity index (χ2n) is 4.74. The number of para-hydroxylation sites is 1. The molecule has 0 radical (unpaired) electrons. The van der Waals surface area contributed by atoms with Crippen molar-refractivity contribution in [2.75, 3.05) is 13.7 Å². The zero-order valence-electron chi connectivity index (χ0n) is 12.1. The van der Waals surface area contributed by atoms with E-state index >= 15 is 0 Å². The second kappa shape index (κ2) is 7.45. The third-order valence-corrected chi connectivity index (χ3v) is 3.33. The molecule has 2 aromatic carbocycles. The molecule has 0 aliphatic rings. The van der Waals surface area contributed by atoms with Gasteiger partial charge in [-0.3, -0.25) is 4.79 Å². The molecule has 21 heavy (non-hydrogen) atoms. The summed E-state index contributed by atoms with van der Waals surface area (Å²) < 4.78 is 5.28. The fourth-order valence-electron chi connectivity index (χ4n) is 2.15. The van der Waals surface area contributed by atoms with Crippen molar-refractivity contribution in [2.24, 2.45) is 5.73 Å². The minimum absolute atomic E-state index is 0.170. The normalized spacial score (nSPS) is 11.7. The van der Waals surface area contributed by atoms with E-state index in [4.69, 9.17) is 10.5 Å². The molecule has 2 aromatic rings. The maximum absolute atomic E-state index is 12.0. The van der Waals surface area contributed by atoms with Crippen LogP contribution in [0.1, 0.15) is 17.2 Å². The Hall–Kier alpha value is -2.33. The summed E-state index contributed by atoms with van der Waals surface area (Å²) in [6, 6.07) is 16.5. The lowest BCUT2D eigenvalue weighted by Gasteiger charge is -2.13. The van der Waals surface area contributed by atoms with Crippen molar-refractivity contribution in [1.29, 1.82) is 0 Å². The van der Waals surface area contributed by atoms with Gasteiger partial charge in [-0.2, -0.15) is 0 Å². The Kier molecular flexibility index (Phi) is 5.35. The average Bonchev–Trinajstić information content (AvgIpc) is 2.55. The number of benzene rings is 2. The molecule has 0 aliphatic heterocycles. The number of hydrogen-bond acceptors (Lipinski definition) is 3. The van der Waals surface area contributed by atoms with Gasteiger partial charge in [0.05, 0.1) is 7.11 Å². The molecule has 1 amide bonds. The monoisotopic (exact) mass is 284 g/mol. The van der Waals surface area contributed by atoms with Crippen molar-refractivity contribution in [3.63, 3.8) is 0 Å². The van der Waals surface area contributed by atoms with Gasteiger partial charge in [-0.05, 0) is 23.6 Å². The number of nitrogens with two attached hydrogens (primary N) is 1. The first-order chi connectivity index (χ1) is 10.2. The van der Waals surface area contributed by atoms with Crippen molar-refractivity contribution in [1.82, 2.24) is 5.32 Å². The van der Waals surface area contributed by atoms with Crippen LogP contribution in [0, 0.1) is 0 Å². The highest BCUT2D eigenvalue weighted by Gasteiger charge is 2.14. The molecular formula is C17H20N2O2. The molecule has 0 spiro atoms. The van der Waals surface area contributed by atoms with Gasteiger partial charge in [-0.25, -0.2) is 0 Å². The molecule has 0 saturated carbocycles. The quantitative estimate of drug-likeness (QED) is 0.853. The zero-order chi connectivity index (χ0) is 15.1. The molecule has 3 N–H and O–H groups in total. The summed E-state index contributed by atoms with van der Waals surface area (Å²) in [6.45, 7) is 0.528. The topological polar surface area (TPSA) is 64.3 Å². The van der Waals surface area contributed by atoms with Gasteiger partial charge in [0.2, 0.25) is 5.91 Å². The Balaban J connectivity index is 1.87. The lowest BCUT2D eigenvalue weighted by Crippen LogP contribution is -2.35. The molecule has 0 unspecified atom stereocenters. The number of hydrogen-bond donors (Lipinski definition) is 2. The van der Waals surface area contributed by atoms with E-state index < -0.39 is 6.04 Å². The molecular weight excluding hydrogens is 264 g/mol. The van der Waals surface area contributed by atoms with Gasteiger partial charge in [0.15, 0.2) is 0 Å². The van der Waals surface area contributed by atoms with Gasteiger partial charge in [0, 0.05) is 6.54 Å². The van der Waals surface area contributed by atoms with E-state index in [1.165, 1.54) is 0 Å². The van der Waals surface area contributed by atoms with Crippen molar-refractivity contribution in [3.05, 3.63) is 65.7 Å². The van der Waals surface area contributed by atoms with Crippen LogP contribution >= 0.6 is 0 Å². The van der Waals surface area contributed by atoms with Crippen molar-refractivity contribution in [2.45, 2.75) is 12.5 Å². The molecule has 0 fully saturated rings. The highest BCUT2D eigenvalue weighted by atomic mass is 16.5.